The molecule has 78 valence electrons. The summed E-state index contributed by atoms with van der Waals surface area (Å²) < 4.78 is 0.220. The standard InChI is InChI=1S/C10H12I3N/c1-14-9(10(11,12)13)7-8-5-3-2-4-6-8/h2-6,9,14H,7H2,1H3. The van der Waals surface area contributed by atoms with Crippen molar-refractivity contribution in [1.82, 2.24) is 5.32 Å². The van der Waals surface area contributed by atoms with Crippen LogP contribution in [0.1, 0.15) is 5.56 Å². The summed E-state index contributed by atoms with van der Waals surface area (Å²) in [7, 11) is 2.03. The minimum Gasteiger partial charge on any atom is -0.314 e. The van der Waals surface area contributed by atoms with Gasteiger partial charge in [0, 0.05) is 6.04 Å². The largest absolute Gasteiger partial charge is 0.314 e. The van der Waals surface area contributed by atoms with E-state index in [4.69, 9.17) is 0 Å². The Morgan fingerprint density at radius 1 is 1.21 bits per heavy atom. The zero-order valence-electron chi connectivity index (χ0n) is 7.81. The van der Waals surface area contributed by atoms with Gasteiger partial charge in [-0.1, -0.05) is 98.1 Å². The smallest absolute Gasteiger partial charge is 0.139 e. The second-order valence-electron chi connectivity index (χ2n) is 3.07. The molecule has 0 saturated carbocycles. The fraction of sp³-hybridized carbons (Fsp3) is 0.400. The van der Waals surface area contributed by atoms with Gasteiger partial charge in [0.05, 0.1) is 0 Å². The van der Waals surface area contributed by atoms with Crippen LogP contribution in [-0.2, 0) is 6.42 Å². The Labute approximate surface area is 126 Å². The Kier molecular flexibility index (Phi) is 5.94. The molecule has 0 spiro atoms. The van der Waals surface area contributed by atoms with Crippen LogP contribution in [0.3, 0.4) is 0 Å². The van der Waals surface area contributed by atoms with Gasteiger partial charge in [0.15, 0.2) is 0 Å². The highest BCUT2D eigenvalue weighted by Crippen LogP contribution is 2.39. The number of hydrogen-bond donors (Lipinski definition) is 1. The number of nitrogens with one attached hydrogen (secondary N) is 1. The summed E-state index contributed by atoms with van der Waals surface area (Å²) in [6.45, 7) is 0. The Morgan fingerprint density at radius 3 is 2.21 bits per heavy atom. The molecule has 0 aliphatic rings. The molecule has 0 heterocycles. The molecule has 1 atom stereocenters. The van der Waals surface area contributed by atoms with Crippen molar-refractivity contribution in [2.24, 2.45) is 0 Å². The fourth-order valence-electron chi connectivity index (χ4n) is 1.23. The monoisotopic (exact) mass is 527 g/mol. The highest BCUT2D eigenvalue weighted by Gasteiger charge is 2.28. The van der Waals surface area contributed by atoms with Gasteiger partial charge in [0.2, 0.25) is 0 Å². The number of rotatable bonds is 4. The van der Waals surface area contributed by atoms with Crippen LogP contribution < -0.4 is 5.32 Å². The molecule has 1 aromatic rings. The van der Waals surface area contributed by atoms with Gasteiger partial charge in [0.25, 0.3) is 0 Å². The Hall–Kier alpha value is 1.37. The molecule has 0 amide bonds. The van der Waals surface area contributed by atoms with E-state index in [9.17, 15) is 0 Å². The molecule has 1 unspecified atom stereocenters. The summed E-state index contributed by atoms with van der Waals surface area (Å²) >= 11 is 7.43. The van der Waals surface area contributed by atoms with Crippen LogP contribution >= 0.6 is 67.8 Å². The van der Waals surface area contributed by atoms with Gasteiger partial charge in [0.1, 0.15) is -0.565 Å². The molecular weight excluding hydrogens is 515 g/mol. The molecule has 1 aromatic carbocycles. The minimum absolute atomic E-state index is 0.220. The van der Waals surface area contributed by atoms with Crippen LogP contribution in [-0.4, -0.2) is 12.5 Å². The molecule has 1 nitrogen and oxygen atoms in total. The van der Waals surface area contributed by atoms with Crippen molar-refractivity contribution in [1.29, 1.82) is 0 Å². The maximum absolute atomic E-state index is 3.37. The first-order chi connectivity index (χ1) is 6.54. The van der Waals surface area contributed by atoms with Crippen molar-refractivity contribution in [2.45, 2.75) is 11.9 Å². The van der Waals surface area contributed by atoms with Crippen LogP contribution in [0.25, 0.3) is 0 Å². The van der Waals surface area contributed by atoms with E-state index in [2.05, 4.69) is 103 Å². The fourth-order valence-corrected chi connectivity index (χ4v) is 2.83. The lowest BCUT2D eigenvalue weighted by Gasteiger charge is -2.25. The normalized spacial score (nSPS) is 14.0. The van der Waals surface area contributed by atoms with Crippen molar-refractivity contribution in [3.05, 3.63) is 35.9 Å². The maximum atomic E-state index is 3.37. The molecule has 0 radical (unpaired) electrons. The summed E-state index contributed by atoms with van der Waals surface area (Å²) in [5.74, 6) is 0. The van der Waals surface area contributed by atoms with Crippen LogP contribution in [0.2, 0.25) is 0 Å². The first-order valence-electron chi connectivity index (χ1n) is 4.32. The van der Waals surface area contributed by atoms with Gasteiger partial charge in [-0.3, -0.25) is 0 Å². The molecule has 0 aliphatic heterocycles. The number of alkyl halides is 3. The average Bonchev–Trinajstić information content (AvgIpc) is 2.14. The van der Waals surface area contributed by atoms with E-state index in [1.807, 2.05) is 7.05 Å². The molecule has 4 heteroatoms. The number of benzene rings is 1. The van der Waals surface area contributed by atoms with E-state index in [1.54, 1.807) is 0 Å². The number of hydrogen-bond acceptors (Lipinski definition) is 1. The summed E-state index contributed by atoms with van der Waals surface area (Å²) in [5.41, 5.74) is 1.39. The SMILES string of the molecule is CNC(Cc1ccccc1)C(I)(I)I. The van der Waals surface area contributed by atoms with Gasteiger partial charge < -0.3 is 5.32 Å². The van der Waals surface area contributed by atoms with Crippen molar-refractivity contribution < 1.29 is 0 Å². The van der Waals surface area contributed by atoms with Crippen LogP contribution in [0.5, 0.6) is 0 Å². The molecule has 0 bridgehead atoms. The van der Waals surface area contributed by atoms with Crippen molar-refractivity contribution in [3.8, 4) is 0 Å². The quantitative estimate of drug-likeness (QED) is 0.465. The highest BCUT2D eigenvalue weighted by molar-refractivity contribution is 14.3. The van der Waals surface area contributed by atoms with Crippen molar-refractivity contribution in [2.75, 3.05) is 7.05 Å². The minimum atomic E-state index is 0.220. The van der Waals surface area contributed by atoms with Gasteiger partial charge in [-0.05, 0) is 19.0 Å². The summed E-state index contributed by atoms with van der Waals surface area (Å²) in [6, 6.07) is 11.1. The summed E-state index contributed by atoms with van der Waals surface area (Å²) in [4.78, 5) is 0. The second-order valence-corrected chi connectivity index (χ2v) is 14.4. The van der Waals surface area contributed by atoms with E-state index < -0.39 is 0 Å². The second kappa shape index (κ2) is 6.19. The highest BCUT2D eigenvalue weighted by atomic mass is 127. The lowest BCUT2D eigenvalue weighted by molar-refractivity contribution is 0.609. The van der Waals surface area contributed by atoms with Gasteiger partial charge in [-0.25, -0.2) is 0 Å². The van der Waals surface area contributed by atoms with Crippen molar-refractivity contribution in [3.63, 3.8) is 0 Å². The van der Waals surface area contributed by atoms with E-state index in [-0.39, 0.29) is -0.565 Å². The third kappa shape index (κ3) is 4.48. The maximum Gasteiger partial charge on any atom is 0.139 e. The van der Waals surface area contributed by atoms with Crippen LogP contribution in [0.4, 0.5) is 0 Å². The molecule has 0 fully saturated rings. The Morgan fingerprint density at radius 2 is 1.79 bits per heavy atom. The van der Waals surface area contributed by atoms with Crippen molar-refractivity contribution >= 4 is 67.8 Å². The van der Waals surface area contributed by atoms with Gasteiger partial charge in [-0.15, -0.1) is 0 Å². The van der Waals surface area contributed by atoms with Gasteiger partial charge in [-0.2, -0.15) is 0 Å². The Bertz CT molecular complexity index is 268. The first kappa shape index (κ1) is 13.4. The summed E-state index contributed by atoms with van der Waals surface area (Å²) in [6.07, 6.45) is 1.08. The predicted octanol–water partition coefficient (Wildman–Crippen LogP) is 3.78. The van der Waals surface area contributed by atoms with E-state index in [0.717, 1.165) is 6.42 Å². The molecule has 1 rings (SSSR count). The zero-order chi connectivity index (χ0) is 10.6. The molecule has 0 saturated heterocycles. The molecular formula is C10H12I3N. The Balaban J connectivity index is 2.67. The molecule has 0 aliphatic carbocycles. The lowest BCUT2D eigenvalue weighted by Crippen LogP contribution is -2.38. The lowest BCUT2D eigenvalue weighted by atomic mass is 10.1. The number of halogens is 3. The molecule has 14 heavy (non-hydrogen) atoms. The zero-order valence-corrected chi connectivity index (χ0v) is 14.3. The first-order valence-corrected chi connectivity index (χ1v) is 7.55. The third-order valence-corrected chi connectivity index (χ3v) is 4.28. The third-order valence-electron chi connectivity index (χ3n) is 2.03. The van der Waals surface area contributed by atoms with Crippen LogP contribution in [0.15, 0.2) is 30.3 Å². The average molecular weight is 527 g/mol. The number of likely N-dealkylation sites (N-methyl/N-ethyl adjacent to an activating group) is 1. The predicted molar refractivity (Wildman–Crippen MR) is 87.8 cm³/mol. The van der Waals surface area contributed by atoms with Crippen LogP contribution in [0, 0.1) is 0 Å². The van der Waals surface area contributed by atoms with E-state index >= 15 is 0 Å². The van der Waals surface area contributed by atoms with E-state index in [0.29, 0.717) is 6.04 Å². The molecule has 1 N–H and O–H groups in total. The van der Waals surface area contributed by atoms with E-state index in [1.165, 1.54) is 5.56 Å². The molecule has 0 aromatic heterocycles. The topological polar surface area (TPSA) is 12.0 Å². The van der Waals surface area contributed by atoms with Gasteiger partial charge >= 0.3 is 0 Å². The summed E-state index contributed by atoms with van der Waals surface area (Å²) in [5, 5.41) is 3.37.